The van der Waals surface area contributed by atoms with Crippen LogP contribution in [0.25, 0.3) is 11.4 Å². The zero-order chi connectivity index (χ0) is 14.5. The molecule has 0 saturated heterocycles. The van der Waals surface area contributed by atoms with Crippen molar-refractivity contribution in [2.45, 2.75) is 13.0 Å². The van der Waals surface area contributed by atoms with E-state index in [4.69, 9.17) is 22.1 Å². The van der Waals surface area contributed by atoms with Crippen molar-refractivity contribution in [3.05, 3.63) is 23.2 Å². The van der Waals surface area contributed by atoms with Crippen LogP contribution in [0.2, 0.25) is 5.02 Å². The van der Waals surface area contributed by atoms with Gasteiger partial charge >= 0.3 is 0 Å². The number of tetrazole rings is 1. The average molecular weight is 304 g/mol. The maximum Gasteiger partial charge on any atom is 0.261 e. The number of hydrogen-bond acceptors (Lipinski definition) is 5. The number of hydrogen-bond donors (Lipinski definition) is 1. The summed E-state index contributed by atoms with van der Waals surface area (Å²) >= 11 is 5.82. The zero-order valence-electron chi connectivity index (χ0n) is 10.3. The molecule has 20 heavy (non-hydrogen) atoms. The molecule has 0 fully saturated rings. The molecule has 1 aromatic carbocycles. The maximum absolute atomic E-state index is 11.9. The second-order valence-electron chi connectivity index (χ2n) is 3.92. The van der Waals surface area contributed by atoms with Gasteiger partial charge in [-0.1, -0.05) is 11.6 Å². The Hall–Kier alpha value is -1.80. The molecule has 0 aliphatic rings. The van der Waals surface area contributed by atoms with E-state index in [2.05, 4.69) is 15.5 Å². The first-order valence-corrected chi connectivity index (χ1v) is 6.13. The van der Waals surface area contributed by atoms with Crippen molar-refractivity contribution in [2.24, 2.45) is 0 Å². The molecule has 0 saturated carbocycles. The van der Waals surface area contributed by atoms with Crippen LogP contribution in [-0.4, -0.2) is 39.8 Å². The Balaban J connectivity index is 2.08. The van der Waals surface area contributed by atoms with Crippen molar-refractivity contribution in [2.75, 3.05) is 18.9 Å². The summed E-state index contributed by atoms with van der Waals surface area (Å²) in [5, 5.41) is 11.7. The largest absolute Gasteiger partial charge is 0.398 e. The fourth-order valence-corrected chi connectivity index (χ4v) is 1.79. The molecule has 0 aliphatic carbocycles. The second-order valence-corrected chi connectivity index (χ2v) is 4.36. The lowest BCUT2D eigenvalue weighted by molar-refractivity contribution is 0.0140. The van der Waals surface area contributed by atoms with E-state index in [9.17, 15) is 8.78 Å². The molecule has 0 radical (unpaired) electrons. The minimum Gasteiger partial charge on any atom is -0.398 e. The maximum atomic E-state index is 11.9. The molecule has 2 aromatic rings. The number of nitrogen functional groups attached to an aromatic ring is 1. The Morgan fingerprint density at radius 1 is 1.40 bits per heavy atom. The van der Waals surface area contributed by atoms with Crippen LogP contribution < -0.4 is 5.73 Å². The van der Waals surface area contributed by atoms with Crippen LogP contribution >= 0.6 is 11.6 Å². The van der Waals surface area contributed by atoms with E-state index in [-0.39, 0.29) is 13.2 Å². The highest BCUT2D eigenvalue weighted by molar-refractivity contribution is 6.31. The number of alkyl halides is 2. The average Bonchev–Trinajstić information content (AvgIpc) is 2.82. The summed E-state index contributed by atoms with van der Waals surface area (Å²) in [5.41, 5.74) is 6.90. The lowest BCUT2D eigenvalue weighted by Gasteiger charge is -2.07. The van der Waals surface area contributed by atoms with Gasteiger partial charge < -0.3 is 10.5 Å². The molecule has 0 atom stereocenters. The monoisotopic (exact) mass is 303 g/mol. The van der Waals surface area contributed by atoms with Crippen molar-refractivity contribution in [1.82, 2.24) is 20.2 Å². The highest BCUT2D eigenvalue weighted by Crippen LogP contribution is 2.26. The van der Waals surface area contributed by atoms with E-state index in [0.717, 1.165) is 0 Å². The molecular formula is C11H12ClF2N5O. The van der Waals surface area contributed by atoms with Crippen LogP contribution in [-0.2, 0) is 11.3 Å². The zero-order valence-corrected chi connectivity index (χ0v) is 11.1. The summed E-state index contributed by atoms with van der Waals surface area (Å²) in [5.74, 6) is 0.430. The molecule has 2 N–H and O–H groups in total. The minimum atomic E-state index is -2.49. The predicted octanol–water partition coefficient (Wildman–Crippen LogP) is 1.86. The Kier molecular flexibility index (Phi) is 4.80. The van der Waals surface area contributed by atoms with E-state index in [1.54, 1.807) is 18.2 Å². The number of aromatic nitrogens is 4. The van der Waals surface area contributed by atoms with Gasteiger partial charge in [-0.05, 0) is 28.6 Å². The summed E-state index contributed by atoms with van der Waals surface area (Å²) in [6.45, 7) is -0.284. The molecule has 0 spiro atoms. The van der Waals surface area contributed by atoms with Crippen LogP contribution in [0.1, 0.15) is 0 Å². The Bertz CT molecular complexity index is 578. The molecule has 0 aliphatic heterocycles. The third kappa shape index (κ3) is 3.61. The quantitative estimate of drug-likeness (QED) is 0.651. The van der Waals surface area contributed by atoms with E-state index in [0.29, 0.717) is 22.1 Å². The first kappa shape index (κ1) is 14.6. The molecule has 0 amide bonds. The predicted molar refractivity (Wildman–Crippen MR) is 69.5 cm³/mol. The van der Waals surface area contributed by atoms with E-state index < -0.39 is 13.0 Å². The standard InChI is InChI=1S/C11H12ClF2N5O/c12-7-1-2-8(9(15)5-7)11-16-17-18-19(11)3-4-20-6-10(13)14/h1-2,5,10H,3-4,6,15H2. The minimum absolute atomic E-state index is 0.0792. The van der Waals surface area contributed by atoms with Gasteiger partial charge in [-0.15, -0.1) is 5.10 Å². The smallest absolute Gasteiger partial charge is 0.261 e. The van der Waals surface area contributed by atoms with Gasteiger partial charge in [-0.25, -0.2) is 13.5 Å². The van der Waals surface area contributed by atoms with Gasteiger partial charge in [-0.2, -0.15) is 0 Å². The summed E-state index contributed by atoms with van der Waals surface area (Å²) in [6, 6.07) is 4.95. The first-order valence-electron chi connectivity index (χ1n) is 5.75. The van der Waals surface area contributed by atoms with Gasteiger partial charge in [0.15, 0.2) is 5.82 Å². The lowest BCUT2D eigenvalue weighted by atomic mass is 10.1. The fourth-order valence-electron chi connectivity index (χ4n) is 1.61. The molecule has 0 bridgehead atoms. The Morgan fingerprint density at radius 2 is 2.20 bits per heavy atom. The summed E-state index contributed by atoms with van der Waals surface area (Å²) < 4.78 is 30.1. The molecular weight excluding hydrogens is 292 g/mol. The Morgan fingerprint density at radius 3 is 2.90 bits per heavy atom. The van der Waals surface area contributed by atoms with Crippen molar-refractivity contribution < 1.29 is 13.5 Å². The number of anilines is 1. The third-order valence-corrected chi connectivity index (χ3v) is 2.71. The van der Waals surface area contributed by atoms with Crippen LogP contribution in [0.4, 0.5) is 14.5 Å². The Labute approximate surface area is 118 Å². The molecule has 9 heteroatoms. The van der Waals surface area contributed by atoms with E-state index >= 15 is 0 Å². The molecule has 108 valence electrons. The first-order chi connectivity index (χ1) is 9.58. The molecule has 6 nitrogen and oxygen atoms in total. The number of halogens is 3. The van der Waals surface area contributed by atoms with Gasteiger partial charge in [0.2, 0.25) is 0 Å². The molecule has 1 aromatic heterocycles. The second kappa shape index (κ2) is 6.58. The summed E-state index contributed by atoms with van der Waals surface area (Å²) in [4.78, 5) is 0. The van der Waals surface area contributed by atoms with E-state index in [1.807, 2.05) is 0 Å². The van der Waals surface area contributed by atoms with Crippen LogP contribution in [0.15, 0.2) is 18.2 Å². The van der Waals surface area contributed by atoms with Crippen LogP contribution in [0.3, 0.4) is 0 Å². The molecule has 2 rings (SSSR count). The van der Waals surface area contributed by atoms with Crippen molar-refractivity contribution in [1.29, 1.82) is 0 Å². The number of ether oxygens (including phenoxy) is 1. The molecule has 1 heterocycles. The highest BCUT2D eigenvalue weighted by atomic mass is 35.5. The van der Waals surface area contributed by atoms with Gasteiger partial charge in [0.05, 0.1) is 13.2 Å². The van der Waals surface area contributed by atoms with E-state index in [1.165, 1.54) is 4.68 Å². The topological polar surface area (TPSA) is 78.9 Å². The van der Waals surface area contributed by atoms with Gasteiger partial charge in [0.1, 0.15) is 6.61 Å². The van der Waals surface area contributed by atoms with Crippen LogP contribution in [0, 0.1) is 0 Å². The van der Waals surface area contributed by atoms with Gasteiger partial charge in [0.25, 0.3) is 6.43 Å². The SMILES string of the molecule is Nc1cc(Cl)ccc1-c1nnnn1CCOCC(F)F. The highest BCUT2D eigenvalue weighted by Gasteiger charge is 2.12. The number of benzene rings is 1. The molecule has 0 unspecified atom stereocenters. The van der Waals surface area contributed by atoms with Crippen molar-refractivity contribution in [3.63, 3.8) is 0 Å². The third-order valence-electron chi connectivity index (χ3n) is 2.48. The van der Waals surface area contributed by atoms with Crippen molar-refractivity contribution in [3.8, 4) is 11.4 Å². The van der Waals surface area contributed by atoms with Gasteiger partial charge in [0, 0.05) is 16.3 Å². The lowest BCUT2D eigenvalue weighted by Crippen LogP contribution is -2.12. The fraction of sp³-hybridized carbons (Fsp3) is 0.364. The summed E-state index contributed by atoms with van der Waals surface area (Å²) in [7, 11) is 0. The number of nitrogens with zero attached hydrogens (tertiary/aromatic N) is 4. The number of nitrogens with two attached hydrogens (primary N) is 1. The normalized spacial score (nSPS) is 11.2. The van der Waals surface area contributed by atoms with Crippen LogP contribution in [0.5, 0.6) is 0 Å². The van der Waals surface area contributed by atoms with Crippen molar-refractivity contribution >= 4 is 17.3 Å². The van der Waals surface area contributed by atoms with Gasteiger partial charge in [-0.3, -0.25) is 0 Å². The summed E-state index contributed by atoms with van der Waals surface area (Å²) in [6.07, 6.45) is -2.49. The number of rotatable bonds is 6.